The number of hydrogen-bond donors (Lipinski definition) is 0. The molecule has 2 nitrogen and oxygen atoms in total. The first-order valence-electron chi connectivity index (χ1n) is 18.7. The van der Waals surface area contributed by atoms with Crippen molar-refractivity contribution in [1.29, 1.82) is 0 Å². The van der Waals surface area contributed by atoms with Gasteiger partial charge in [0.1, 0.15) is 0 Å². The van der Waals surface area contributed by atoms with Crippen molar-refractivity contribution in [2.45, 2.75) is 122 Å². The second-order valence-electron chi connectivity index (χ2n) is 23.2. The molecule has 16 rings (SSSR count). The SMILES string of the molecule is C[Si](C)(C)[C]12[CH]3[C]4(C(P)(c5cccnc5)c5cccnc5)[C]5(C6(CP)C7CC8CC(C7)CC6C8)[C]1([Si](C)(C)C)[Fe]34521678[CH]2[CH]1[CH]6[CH]7[CH]28. The molecule has 10 aliphatic heterocycles. The molecule has 2 aromatic rings. The van der Waals surface area contributed by atoms with Crippen LogP contribution in [0.25, 0.3) is 0 Å². The van der Waals surface area contributed by atoms with Crippen molar-refractivity contribution in [3.05, 3.63) is 60.2 Å². The summed E-state index contributed by atoms with van der Waals surface area (Å²) in [6.07, 6.45) is 18.2. The van der Waals surface area contributed by atoms with Crippen LogP contribution in [0.1, 0.15) is 43.2 Å². The fourth-order valence-electron chi connectivity index (χ4n) is 31.1. The monoisotopic (exact) mass is 710 g/mol. The van der Waals surface area contributed by atoms with E-state index in [1.165, 1.54) is 30.2 Å². The Hall–Kier alpha value is 0.113. The van der Waals surface area contributed by atoms with Crippen LogP contribution in [0.5, 0.6) is 0 Å². The molecule has 4 saturated carbocycles. The maximum atomic E-state index is 4.97. The average Bonchev–Trinajstić information content (AvgIpc) is 3.95. The number of nitrogens with zero attached hydrogens (tertiary/aromatic N) is 2. The van der Waals surface area contributed by atoms with Crippen molar-refractivity contribution >= 4 is 34.6 Å². The van der Waals surface area contributed by atoms with Crippen molar-refractivity contribution in [3.63, 3.8) is 0 Å². The van der Waals surface area contributed by atoms with Crippen LogP contribution in [0.2, 0.25) is 84.7 Å². The van der Waals surface area contributed by atoms with E-state index in [1.807, 2.05) is 12.4 Å². The van der Waals surface area contributed by atoms with Crippen LogP contribution in [0, 0.1) is 29.1 Å². The Kier molecular flexibility index (Phi) is 2.17. The third-order valence-corrected chi connectivity index (χ3v) is 90.2. The molecule has 2 aromatic heterocycles. The Morgan fingerprint density at radius 3 is 1.62 bits per heavy atom. The van der Waals surface area contributed by atoms with Crippen LogP contribution < -0.4 is 0 Å². The summed E-state index contributed by atoms with van der Waals surface area (Å²) in [5.74, 6) is 4.11. The molecule has 4 aliphatic carbocycles. The minimum absolute atomic E-state index is 0.0271. The molecular formula is C38H52FeN2P2Si2. The fourth-order valence-corrected chi connectivity index (χ4v) is 172. The minimum atomic E-state index is -4.58. The number of rotatable bonds is 7. The van der Waals surface area contributed by atoms with Crippen LogP contribution in [0.3, 0.4) is 0 Å². The molecule has 45 heavy (non-hydrogen) atoms. The number of fused-ring (bicyclic) bond motifs is 11. The van der Waals surface area contributed by atoms with Crippen LogP contribution >= 0.6 is 18.5 Å². The molecule has 7 atom stereocenters. The summed E-state index contributed by atoms with van der Waals surface area (Å²) < 4.78 is 2.95. The number of pyridine rings is 2. The van der Waals surface area contributed by atoms with Crippen molar-refractivity contribution in [1.82, 2.24) is 9.97 Å². The summed E-state index contributed by atoms with van der Waals surface area (Å²) in [5.41, 5.74) is 3.69. The molecule has 0 N–H and O–H groups in total. The summed E-state index contributed by atoms with van der Waals surface area (Å²) in [6.45, 7) is 13.3. The molecule has 0 aromatic carbocycles. The maximum absolute atomic E-state index is 4.97. The van der Waals surface area contributed by atoms with Crippen molar-refractivity contribution in [2.24, 2.45) is 29.1 Å². The summed E-state index contributed by atoms with van der Waals surface area (Å²) in [4.78, 5) is 17.3. The van der Waals surface area contributed by atoms with Crippen molar-refractivity contribution in [3.8, 4) is 0 Å². The molecule has 240 valence electrons. The van der Waals surface area contributed by atoms with Gasteiger partial charge in [0.15, 0.2) is 0 Å². The van der Waals surface area contributed by atoms with Gasteiger partial charge >= 0.3 is 268 Å². The van der Waals surface area contributed by atoms with E-state index in [2.05, 4.69) is 94.4 Å². The molecule has 10 saturated heterocycles. The Morgan fingerprint density at radius 2 is 1.27 bits per heavy atom. The Labute approximate surface area is 267 Å². The predicted octanol–water partition coefficient (Wildman–Crippen LogP) is 10.5. The molecular weight excluding hydrogens is 658 g/mol. The van der Waals surface area contributed by atoms with E-state index in [4.69, 9.17) is 9.97 Å². The molecule has 0 radical (unpaired) electrons. The van der Waals surface area contributed by atoms with Gasteiger partial charge in [-0.25, -0.2) is 0 Å². The van der Waals surface area contributed by atoms with E-state index >= 15 is 0 Å². The third-order valence-electron chi connectivity index (χ3n) is 25.7. The van der Waals surface area contributed by atoms with Crippen LogP contribution in [-0.2, 0) is 11.7 Å². The van der Waals surface area contributed by atoms with Crippen LogP contribution in [0.4, 0.5) is 0 Å². The summed E-state index contributed by atoms with van der Waals surface area (Å²) in [7, 11) is 4.35. The standard InChI is InChI=1S/C33H47N2P2Si2.C5H5.Fe/c1-38(2,3)29-18-28(33(37,24-9-7-11-34-19-24)25-10-8-12-35-20-25)30(31(29)39(4,5)6)32(21-36)26-14-22-13-23(16-26)17-27(32)15-22;1-2-4-5-3-1;/h7-12,18-20,22-23,26-27H,13-17,21,36-37H2,1-6H3;1-5H;. The number of aromatic nitrogens is 2. The van der Waals surface area contributed by atoms with Gasteiger partial charge in [0.05, 0.1) is 0 Å². The summed E-state index contributed by atoms with van der Waals surface area (Å²) in [6, 6.07) is 9.66. The fraction of sp³-hybridized carbons (Fsp3) is 0.737. The van der Waals surface area contributed by atoms with E-state index in [0.29, 0.717) is 14.0 Å². The zero-order valence-electron chi connectivity index (χ0n) is 28.0. The van der Waals surface area contributed by atoms with Gasteiger partial charge in [-0.2, -0.15) is 0 Å². The van der Waals surface area contributed by atoms with Crippen molar-refractivity contribution in [2.75, 3.05) is 6.16 Å². The van der Waals surface area contributed by atoms with Crippen molar-refractivity contribution < 1.29 is 6.51 Å². The van der Waals surface area contributed by atoms with E-state index < -0.39 is 22.7 Å². The Morgan fingerprint density at radius 1 is 0.778 bits per heavy atom. The van der Waals surface area contributed by atoms with E-state index in [0.717, 1.165) is 36.4 Å². The summed E-state index contributed by atoms with van der Waals surface area (Å²) in [5, 5.41) is -0.0271. The zero-order valence-corrected chi connectivity index (χ0v) is 33.5. The normalized spacial score (nSPS) is 72.4. The van der Waals surface area contributed by atoms with Gasteiger partial charge in [-0.15, -0.1) is 0 Å². The third kappa shape index (κ3) is 0.624. The zero-order chi connectivity index (χ0) is 30.6. The van der Waals surface area contributed by atoms with Crippen LogP contribution in [-0.4, -0.2) is 32.3 Å². The van der Waals surface area contributed by atoms with Gasteiger partial charge in [-0.1, -0.05) is 0 Å². The second kappa shape index (κ2) is 3.89. The molecule has 14 fully saturated rings. The molecule has 4 bridgehead atoms. The van der Waals surface area contributed by atoms with Crippen LogP contribution in [0.15, 0.2) is 49.1 Å². The van der Waals surface area contributed by atoms with Gasteiger partial charge in [0.2, 0.25) is 0 Å². The average molecular weight is 711 g/mol. The van der Waals surface area contributed by atoms with E-state index in [9.17, 15) is 0 Å². The summed E-state index contributed by atoms with van der Waals surface area (Å²) >= 11 is 0. The quantitative estimate of drug-likeness (QED) is 0.211. The van der Waals surface area contributed by atoms with Gasteiger partial charge in [0, 0.05) is 0 Å². The van der Waals surface area contributed by atoms with Gasteiger partial charge < -0.3 is 0 Å². The number of hydrogen-bond acceptors (Lipinski definition) is 2. The second-order valence-corrected chi connectivity index (χ2v) is 58.6. The van der Waals surface area contributed by atoms with Gasteiger partial charge in [-0.3, -0.25) is 0 Å². The molecule has 1 spiro atoms. The molecule has 12 heterocycles. The molecule has 14 aliphatic rings. The first-order chi connectivity index (χ1) is 21.2. The Balaban J connectivity index is 1.20. The van der Waals surface area contributed by atoms with E-state index in [1.54, 1.807) is 43.2 Å². The predicted molar refractivity (Wildman–Crippen MR) is 193 cm³/mol. The molecule has 0 amide bonds. The van der Waals surface area contributed by atoms with Gasteiger partial charge in [0.25, 0.3) is 0 Å². The first-order valence-corrected chi connectivity index (χ1v) is 33.1. The topological polar surface area (TPSA) is 25.8 Å². The molecule has 7 heteroatoms. The Bertz CT molecular complexity index is 2210. The van der Waals surface area contributed by atoms with E-state index in [-0.39, 0.29) is 5.16 Å². The molecule has 7 unspecified atom stereocenters. The first kappa shape index (κ1) is 25.1. The van der Waals surface area contributed by atoms with Gasteiger partial charge in [-0.05, 0) is 0 Å².